The highest BCUT2D eigenvalue weighted by atomic mass is 16.7. The van der Waals surface area contributed by atoms with Crippen molar-refractivity contribution in [3.63, 3.8) is 0 Å². The van der Waals surface area contributed by atoms with Gasteiger partial charge < -0.3 is 19.5 Å². The van der Waals surface area contributed by atoms with Crippen LogP contribution in [0.5, 0.6) is 11.5 Å². The third-order valence-electron chi connectivity index (χ3n) is 5.77. The molecule has 5 rings (SSSR count). The third-order valence-corrected chi connectivity index (χ3v) is 5.77. The maximum absolute atomic E-state index is 5.65. The van der Waals surface area contributed by atoms with Gasteiger partial charge in [0.2, 0.25) is 12.7 Å². The fourth-order valence-corrected chi connectivity index (χ4v) is 3.96. The first-order valence-electron chi connectivity index (χ1n) is 9.81. The molecule has 0 bridgehead atoms. The normalized spacial score (nSPS) is 17.3. The lowest BCUT2D eigenvalue weighted by atomic mass is 9.74. The van der Waals surface area contributed by atoms with Crippen molar-refractivity contribution in [1.29, 1.82) is 0 Å². The number of rotatable bonds is 5. The van der Waals surface area contributed by atoms with E-state index in [-0.39, 0.29) is 12.2 Å². The summed E-state index contributed by atoms with van der Waals surface area (Å²) >= 11 is 0. The summed E-state index contributed by atoms with van der Waals surface area (Å²) in [6.07, 6.45) is 1.82. The molecule has 3 aromatic rings. The fourth-order valence-electron chi connectivity index (χ4n) is 3.96. The molecule has 29 heavy (non-hydrogen) atoms. The van der Waals surface area contributed by atoms with Crippen molar-refractivity contribution in [2.75, 3.05) is 31.9 Å². The van der Waals surface area contributed by atoms with Crippen molar-refractivity contribution in [3.05, 3.63) is 53.6 Å². The average Bonchev–Trinajstić information content (AvgIpc) is 3.42. The smallest absolute Gasteiger partial charge is 0.247 e. The predicted octanol–water partition coefficient (Wildman–Crippen LogP) is 2.86. The van der Waals surface area contributed by atoms with E-state index in [1.807, 2.05) is 30.3 Å². The lowest BCUT2D eigenvalue weighted by Gasteiger charge is -2.38. The Bertz CT molecular complexity index is 996. The number of nitrogens with zero attached hydrogens (tertiary/aromatic N) is 4. The van der Waals surface area contributed by atoms with E-state index >= 15 is 0 Å². The summed E-state index contributed by atoms with van der Waals surface area (Å²) in [5.41, 5.74) is 3.24. The van der Waals surface area contributed by atoms with Crippen molar-refractivity contribution in [2.24, 2.45) is 0 Å². The molecule has 150 valence electrons. The zero-order valence-corrected chi connectivity index (χ0v) is 16.3. The van der Waals surface area contributed by atoms with E-state index in [1.165, 1.54) is 11.1 Å². The van der Waals surface area contributed by atoms with Crippen LogP contribution in [0.3, 0.4) is 0 Å². The summed E-state index contributed by atoms with van der Waals surface area (Å²) in [5.74, 6) is 2.23. The van der Waals surface area contributed by atoms with E-state index in [0.717, 1.165) is 43.2 Å². The molecule has 2 aliphatic rings. The van der Waals surface area contributed by atoms with Crippen molar-refractivity contribution in [2.45, 2.75) is 25.2 Å². The Hall–Kier alpha value is -3.13. The molecule has 8 heteroatoms. The lowest BCUT2D eigenvalue weighted by Crippen LogP contribution is -2.40. The monoisotopic (exact) mass is 393 g/mol. The van der Waals surface area contributed by atoms with E-state index in [9.17, 15) is 0 Å². The van der Waals surface area contributed by atoms with Gasteiger partial charge in [-0.25, -0.2) is 0 Å². The standard InChI is InChI=1S/C21H23N5O3/c1-15-2-5-17(6-3-15)26-20(23-24-25-26)22-13-21(8-10-27-11-9-21)16-4-7-18-19(12-16)29-14-28-18/h2-7,12H,8-11,13-14H2,1H3,(H,22,23,25). The van der Waals surface area contributed by atoms with Gasteiger partial charge >= 0.3 is 0 Å². The Morgan fingerprint density at radius 3 is 2.66 bits per heavy atom. The second kappa shape index (κ2) is 7.36. The van der Waals surface area contributed by atoms with Crippen molar-refractivity contribution >= 4 is 5.95 Å². The van der Waals surface area contributed by atoms with Crippen molar-refractivity contribution in [1.82, 2.24) is 20.2 Å². The number of hydrogen-bond donors (Lipinski definition) is 1. The van der Waals surface area contributed by atoms with E-state index in [4.69, 9.17) is 14.2 Å². The van der Waals surface area contributed by atoms with Crippen LogP contribution in [0.15, 0.2) is 42.5 Å². The number of ether oxygens (including phenoxy) is 3. The highest BCUT2D eigenvalue weighted by Gasteiger charge is 2.36. The number of hydrogen-bond acceptors (Lipinski definition) is 7. The minimum Gasteiger partial charge on any atom is -0.454 e. The Kier molecular flexibility index (Phi) is 4.55. The molecule has 3 heterocycles. The minimum absolute atomic E-state index is 0.0940. The van der Waals surface area contributed by atoms with Crippen molar-refractivity contribution < 1.29 is 14.2 Å². The molecule has 0 radical (unpaired) electrons. The van der Waals surface area contributed by atoms with Crippen LogP contribution in [-0.4, -0.2) is 46.8 Å². The molecular formula is C21H23N5O3. The summed E-state index contributed by atoms with van der Waals surface area (Å²) < 4.78 is 18.5. The molecule has 2 aromatic carbocycles. The van der Waals surface area contributed by atoms with Crippen LogP contribution in [0, 0.1) is 6.92 Å². The van der Waals surface area contributed by atoms with Crippen LogP contribution in [-0.2, 0) is 10.2 Å². The molecule has 1 fully saturated rings. The van der Waals surface area contributed by atoms with Crippen LogP contribution in [0.25, 0.3) is 5.69 Å². The van der Waals surface area contributed by atoms with Crippen LogP contribution < -0.4 is 14.8 Å². The second-order valence-corrected chi connectivity index (χ2v) is 7.56. The molecule has 8 nitrogen and oxygen atoms in total. The molecule has 1 saturated heterocycles. The number of nitrogens with one attached hydrogen (secondary N) is 1. The van der Waals surface area contributed by atoms with Gasteiger partial charge in [-0.1, -0.05) is 28.9 Å². The number of fused-ring (bicyclic) bond motifs is 1. The maximum atomic E-state index is 5.65. The van der Waals surface area contributed by atoms with Crippen molar-refractivity contribution in [3.8, 4) is 17.2 Å². The molecule has 0 spiro atoms. The third kappa shape index (κ3) is 3.40. The number of aromatic nitrogens is 4. The van der Waals surface area contributed by atoms with Gasteiger partial charge in [0.1, 0.15) is 0 Å². The zero-order valence-electron chi connectivity index (χ0n) is 16.3. The van der Waals surface area contributed by atoms with Gasteiger partial charge in [-0.15, -0.1) is 0 Å². The van der Waals surface area contributed by atoms with Gasteiger partial charge in [0.25, 0.3) is 0 Å². The largest absolute Gasteiger partial charge is 0.454 e. The van der Waals surface area contributed by atoms with Crippen LogP contribution >= 0.6 is 0 Å². The first-order chi connectivity index (χ1) is 14.2. The molecule has 0 unspecified atom stereocenters. The van der Waals surface area contributed by atoms with E-state index < -0.39 is 0 Å². The van der Waals surface area contributed by atoms with Gasteiger partial charge in [-0.2, -0.15) is 4.68 Å². The molecular weight excluding hydrogens is 370 g/mol. The summed E-state index contributed by atoms with van der Waals surface area (Å²) in [7, 11) is 0. The molecule has 1 N–H and O–H groups in total. The summed E-state index contributed by atoms with van der Waals surface area (Å²) in [6.45, 7) is 4.47. The molecule has 0 atom stereocenters. The highest BCUT2D eigenvalue weighted by Crippen LogP contribution is 2.41. The van der Waals surface area contributed by atoms with Gasteiger partial charge in [-0.05, 0) is 60.0 Å². The lowest BCUT2D eigenvalue weighted by molar-refractivity contribution is 0.0542. The molecule has 1 aromatic heterocycles. The van der Waals surface area contributed by atoms with E-state index in [0.29, 0.717) is 12.5 Å². The van der Waals surface area contributed by atoms with E-state index in [2.05, 4.69) is 39.9 Å². The van der Waals surface area contributed by atoms with Crippen LogP contribution in [0.2, 0.25) is 0 Å². The van der Waals surface area contributed by atoms with Crippen LogP contribution in [0.4, 0.5) is 5.95 Å². The second-order valence-electron chi connectivity index (χ2n) is 7.56. The number of anilines is 1. The van der Waals surface area contributed by atoms with Gasteiger partial charge in [-0.3, -0.25) is 0 Å². The Labute approximate surface area is 168 Å². The highest BCUT2D eigenvalue weighted by molar-refractivity contribution is 5.48. The predicted molar refractivity (Wildman–Crippen MR) is 107 cm³/mol. The number of tetrazole rings is 1. The number of aryl methyl sites for hydroxylation is 1. The molecule has 0 amide bonds. The zero-order chi connectivity index (χ0) is 19.7. The fraction of sp³-hybridized carbons (Fsp3) is 0.381. The van der Waals surface area contributed by atoms with E-state index in [1.54, 1.807) is 4.68 Å². The minimum atomic E-state index is -0.0940. The summed E-state index contributed by atoms with van der Waals surface area (Å²) in [5, 5.41) is 15.7. The first-order valence-corrected chi connectivity index (χ1v) is 9.81. The first kappa shape index (κ1) is 17.9. The average molecular weight is 393 g/mol. The molecule has 0 saturated carbocycles. The topological polar surface area (TPSA) is 83.3 Å². The Balaban J connectivity index is 1.42. The van der Waals surface area contributed by atoms with Gasteiger partial charge in [0, 0.05) is 25.2 Å². The van der Waals surface area contributed by atoms with Crippen LogP contribution in [0.1, 0.15) is 24.0 Å². The summed E-state index contributed by atoms with van der Waals surface area (Å²) in [6, 6.07) is 14.3. The quantitative estimate of drug-likeness (QED) is 0.714. The Morgan fingerprint density at radius 1 is 1.03 bits per heavy atom. The maximum Gasteiger partial charge on any atom is 0.247 e. The number of benzene rings is 2. The summed E-state index contributed by atoms with van der Waals surface area (Å²) in [4.78, 5) is 0. The van der Waals surface area contributed by atoms with Gasteiger partial charge in [0.15, 0.2) is 11.5 Å². The Morgan fingerprint density at radius 2 is 1.83 bits per heavy atom. The molecule has 2 aliphatic heterocycles. The SMILES string of the molecule is Cc1ccc(-n2nnnc2NCC2(c3ccc4c(c3)OCO4)CCOCC2)cc1. The molecule has 0 aliphatic carbocycles. The van der Waals surface area contributed by atoms with Gasteiger partial charge in [0.05, 0.1) is 5.69 Å².